The highest BCUT2D eigenvalue weighted by atomic mass is 32.2. The molecule has 184 valence electrons. The topological polar surface area (TPSA) is 111 Å². The molecule has 0 fully saturated rings. The fourth-order valence-electron chi connectivity index (χ4n) is 3.47. The van der Waals surface area contributed by atoms with Crippen LogP contribution in [0.25, 0.3) is 0 Å². The van der Waals surface area contributed by atoms with Crippen molar-refractivity contribution in [2.45, 2.75) is 43.9 Å². The fraction of sp³-hybridized carbons (Fsp3) is 0.609. The molecule has 1 aliphatic heterocycles. The number of carbonyl (C=O) groups excluding carboxylic acids is 1. The monoisotopic (exact) mass is 481 g/mol. The number of carbonyl (C=O) groups is 1. The predicted octanol–water partition coefficient (Wildman–Crippen LogP) is 0.208. The number of benzene rings is 1. The predicted molar refractivity (Wildman–Crippen MR) is 125 cm³/mol. The zero-order valence-electron chi connectivity index (χ0n) is 20.1. The number of ether oxygens (including phenoxy) is 1. The first-order valence-corrected chi connectivity index (χ1v) is 12.3. The Balaban J connectivity index is 2.53. The minimum Gasteiger partial charge on any atom is -0.487 e. The summed E-state index contributed by atoms with van der Waals surface area (Å²) in [5.74, 6) is 5.23. The Kier molecular flexibility index (Phi) is 9.29. The van der Waals surface area contributed by atoms with Crippen LogP contribution in [0, 0.1) is 17.8 Å². The zero-order chi connectivity index (χ0) is 24.9. The summed E-state index contributed by atoms with van der Waals surface area (Å²) in [5.41, 5.74) is 0.496. The van der Waals surface area contributed by atoms with Gasteiger partial charge in [-0.1, -0.05) is 18.8 Å². The lowest BCUT2D eigenvalue weighted by molar-refractivity contribution is -0.132. The molecule has 2 rings (SSSR count). The maximum absolute atomic E-state index is 13.4. The summed E-state index contributed by atoms with van der Waals surface area (Å²) in [7, 11) is 1.36. The summed E-state index contributed by atoms with van der Waals surface area (Å²) >= 11 is 0. The summed E-state index contributed by atoms with van der Waals surface area (Å²) in [6, 6.07) is 3.90. The molecule has 0 spiro atoms. The summed E-state index contributed by atoms with van der Waals surface area (Å²) in [5, 5.41) is 19.2. The van der Waals surface area contributed by atoms with Gasteiger partial charge >= 0.3 is 0 Å². The number of nitrogens with zero attached hydrogens (tertiary/aromatic N) is 3. The Bertz CT molecular complexity index is 999. The lowest BCUT2D eigenvalue weighted by atomic mass is 10.0. The summed E-state index contributed by atoms with van der Waals surface area (Å²) < 4.78 is 34.4. The van der Waals surface area contributed by atoms with Crippen LogP contribution in [-0.2, 0) is 14.8 Å². The van der Waals surface area contributed by atoms with Crippen LogP contribution in [0.15, 0.2) is 23.1 Å². The molecule has 0 radical (unpaired) electrons. The second-order valence-corrected chi connectivity index (χ2v) is 10.7. The van der Waals surface area contributed by atoms with E-state index in [4.69, 9.17) is 4.74 Å². The number of amides is 1. The van der Waals surface area contributed by atoms with Gasteiger partial charge in [0.2, 0.25) is 15.9 Å². The van der Waals surface area contributed by atoms with Crippen molar-refractivity contribution < 1.29 is 28.2 Å². The molecular formula is C23H35N3O6S. The van der Waals surface area contributed by atoms with Crippen LogP contribution in [0.3, 0.4) is 0 Å². The van der Waals surface area contributed by atoms with E-state index in [1.807, 2.05) is 21.0 Å². The SMILES string of the molecule is C[C@@H](O)C#Cc1ccc2c(c1)O[C@@H](CN(C)C(=O)CN(C)C)[C@@H](C)CN([C@@H](C)CO)S2(=O)=O. The number of aliphatic hydroxyl groups excluding tert-OH is 2. The van der Waals surface area contributed by atoms with Gasteiger partial charge in [0.05, 0.1) is 19.7 Å². The highest BCUT2D eigenvalue weighted by Gasteiger charge is 2.38. The molecule has 1 amide bonds. The lowest BCUT2D eigenvalue weighted by Crippen LogP contribution is -2.50. The summed E-state index contributed by atoms with van der Waals surface area (Å²) in [4.78, 5) is 15.8. The van der Waals surface area contributed by atoms with Gasteiger partial charge in [-0.25, -0.2) is 8.42 Å². The van der Waals surface area contributed by atoms with Crippen LogP contribution in [0.1, 0.15) is 26.3 Å². The number of sulfonamides is 1. The molecule has 1 aliphatic rings. The van der Waals surface area contributed by atoms with Crippen LogP contribution in [0.2, 0.25) is 0 Å². The first-order valence-electron chi connectivity index (χ1n) is 10.9. The van der Waals surface area contributed by atoms with E-state index in [2.05, 4.69) is 11.8 Å². The van der Waals surface area contributed by atoms with E-state index in [9.17, 15) is 23.4 Å². The second kappa shape index (κ2) is 11.3. The Labute approximate surface area is 197 Å². The average Bonchev–Trinajstić information content (AvgIpc) is 2.73. The highest BCUT2D eigenvalue weighted by molar-refractivity contribution is 7.89. The molecule has 1 heterocycles. The van der Waals surface area contributed by atoms with Crippen LogP contribution < -0.4 is 4.74 Å². The maximum atomic E-state index is 13.4. The molecule has 9 nitrogen and oxygen atoms in total. The Morgan fingerprint density at radius 3 is 2.55 bits per heavy atom. The van der Waals surface area contributed by atoms with Crippen molar-refractivity contribution >= 4 is 15.9 Å². The van der Waals surface area contributed by atoms with Crippen molar-refractivity contribution in [3.63, 3.8) is 0 Å². The van der Waals surface area contributed by atoms with E-state index in [0.717, 1.165) is 0 Å². The normalized spacial score (nSPS) is 22.1. The molecule has 4 atom stereocenters. The fourth-order valence-corrected chi connectivity index (χ4v) is 5.30. The van der Waals surface area contributed by atoms with Gasteiger partial charge in [0.15, 0.2) is 0 Å². The van der Waals surface area contributed by atoms with E-state index in [0.29, 0.717) is 5.56 Å². The highest BCUT2D eigenvalue weighted by Crippen LogP contribution is 2.34. The molecule has 1 aromatic rings. The minimum atomic E-state index is -3.96. The minimum absolute atomic E-state index is 0.0235. The van der Waals surface area contributed by atoms with Gasteiger partial charge in [-0.2, -0.15) is 4.31 Å². The molecule has 0 aromatic heterocycles. The zero-order valence-corrected chi connectivity index (χ0v) is 21.0. The largest absolute Gasteiger partial charge is 0.487 e. The number of aliphatic hydroxyl groups is 2. The van der Waals surface area contributed by atoms with Crippen LogP contribution >= 0.6 is 0 Å². The molecule has 2 N–H and O–H groups in total. The molecule has 10 heteroatoms. The molecule has 0 saturated heterocycles. The third-order valence-corrected chi connectivity index (χ3v) is 7.44. The Hall–Kier alpha value is -2.16. The molecule has 0 saturated carbocycles. The van der Waals surface area contributed by atoms with Gasteiger partial charge in [0.1, 0.15) is 22.9 Å². The van der Waals surface area contributed by atoms with Crippen molar-refractivity contribution in [3.05, 3.63) is 23.8 Å². The van der Waals surface area contributed by atoms with Gasteiger partial charge in [-0.05, 0) is 46.1 Å². The average molecular weight is 482 g/mol. The van der Waals surface area contributed by atoms with Gasteiger partial charge < -0.3 is 24.7 Å². The van der Waals surface area contributed by atoms with Crippen LogP contribution in [-0.4, -0.2) is 104 Å². The molecular weight excluding hydrogens is 446 g/mol. The Morgan fingerprint density at radius 2 is 1.97 bits per heavy atom. The standard InChI is InChI=1S/C23H35N3O6S/c1-16-12-26(17(2)15-27)33(30,31)22-10-9-19(8-7-18(3)28)11-20(22)32-21(16)13-25(6)23(29)14-24(4)5/h9-11,16-18,21,27-28H,12-15H2,1-6H3/t16-,17-,18+,21-/m0/s1. The number of likely N-dealkylation sites (N-methyl/N-ethyl adjacent to an activating group) is 2. The van der Waals surface area contributed by atoms with Gasteiger partial charge in [0.25, 0.3) is 0 Å². The van der Waals surface area contributed by atoms with E-state index in [1.165, 1.54) is 23.4 Å². The third-order valence-electron chi connectivity index (χ3n) is 5.42. The number of hydrogen-bond donors (Lipinski definition) is 2. The third kappa shape index (κ3) is 6.91. The van der Waals surface area contributed by atoms with Crippen molar-refractivity contribution in [1.82, 2.24) is 14.1 Å². The van der Waals surface area contributed by atoms with E-state index < -0.39 is 28.3 Å². The number of hydrogen-bond acceptors (Lipinski definition) is 7. The van der Waals surface area contributed by atoms with Gasteiger partial charge in [0, 0.05) is 31.1 Å². The van der Waals surface area contributed by atoms with Crippen molar-refractivity contribution in [3.8, 4) is 17.6 Å². The molecule has 33 heavy (non-hydrogen) atoms. The van der Waals surface area contributed by atoms with Crippen molar-refractivity contribution in [2.75, 3.05) is 47.4 Å². The van der Waals surface area contributed by atoms with Crippen molar-refractivity contribution in [2.24, 2.45) is 5.92 Å². The van der Waals surface area contributed by atoms with E-state index >= 15 is 0 Å². The van der Waals surface area contributed by atoms with Crippen molar-refractivity contribution in [1.29, 1.82) is 0 Å². The molecule has 0 aliphatic carbocycles. The van der Waals surface area contributed by atoms with E-state index in [1.54, 1.807) is 29.8 Å². The molecule has 1 aromatic carbocycles. The number of fused-ring (bicyclic) bond motifs is 1. The quantitative estimate of drug-likeness (QED) is 0.559. The second-order valence-electron chi connectivity index (χ2n) is 8.86. The number of rotatable bonds is 6. The summed E-state index contributed by atoms with van der Waals surface area (Å²) in [6.07, 6.45) is -1.33. The van der Waals surface area contributed by atoms with E-state index in [-0.39, 0.29) is 48.7 Å². The first-order chi connectivity index (χ1) is 15.4. The van der Waals surface area contributed by atoms with Gasteiger partial charge in [-0.15, -0.1) is 0 Å². The van der Waals surface area contributed by atoms with Gasteiger partial charge in [-0.3, -0.25) is 4.79 Å². The summed E-state index contributed by atoms with van der Waals surface area (Å²) in [6.45, 7) is 5.36. The molecule has 0 unspecified atom stereocenters. The van der Waals surface area contributed by atoms with Crippen LogP contribution in [0.4, 0.5) is 0 Å². The van der Waals surface area contributed by atoms with Crippen LogP contribution in [0.5, 0.6) is 5.75 Å². The Morgan fingerprint density at radius 1 is 1.30 bits per heavy atom. The smallest absolute Gasteiger partial charge is 0.247 e. The molecule has 0 bridgehead atoms. The first kappa shape index (κ1) is 27.1. The maximum Gasteiger partial charge on any atom is 0.247 e. The lowest BCUT2D eigenvalue weighted by Gasteiger charge is -2.37.